The van der Waals surface area contributed by atoms with E-state index in [1.165, 1.54) is 0 Å². The molecule has 0 N–H and O–H groups in total. The first-order valence-electron chi connectivity index (χ1n) is 4.43. The third kappa shape index (κ3) is 1.65. The normalized spacial score (nSPS) is 10.3. The highest BCUT2D eigenvalue weighted by atomic mass is 79.9. The Morgan fingerprint density at radius 2 is 1.93 bits per heavy atom. The van der Waals surface area contributed by atoms with Gasteiger partial charge in [-0.15, -0.1) is 0 Å². The molecule has 0 aliphatic heterocycles. The lowest BCUT2D eigenvalue weighted by Gasteiger charge is -2.10. The van der Waals surface area contributed by atoms with Crippen LogP contribution in [0.1, 0.15) is 0 Å². The molecule has 0 saturated heterocycles. The number of hydrogen-bond donors (Lipinski definition) is 0. The van der Waals surface area contributed by atoms with Crippen LogP contribution < -0.4 is 9.47 Å². The maximum atomic E-state index is 5.26. The van der Waals surface area contributed by atoms with E-state index in [1.807, 2.05) is 18.2 Å². The van der Waals surface area contributed by atoms with E-state index in [0.29, 0.717) is 5.75 Å². The lowest BCUT2D eigenvalue weighted by molar-refractivity contribution is 0.396. The van der Waals surface area contributed by atoms with E-state index in [9.17, 15) is 0 Å². The molecule has 2 aromatic rings. The van der Waals surface area contributed by atoms with Crippen LogP contribution in [0.5, 0.6) is 11.5 Å². The molecule has 0 spiro atoms. The van der Waals surface area contributed by atoms with E-state index in [2.05, 4.69) is 20.9 Å². The van der Waals surface area contributed by atoms with Crippen LogP contribution in [0, 0.1) is 0 Å². The Morgan fingerprint density at radius 1 is 1.20 bits per heavy atom. The number of halogens is 1. The van der Waals surface area contributed by atoms with Gasteiger partial charge in [-0.2, -0.15) is 0 Å². The molecule has 1 aromatic heterocycles. The molecule has 0 bridgehead atoms. The van der Waals surface area contributed by atoms with Crippen molar-refractivity contribution < 1.29 is 9.47 Å². The monoisotopic (exact) mass is 267 g/mol. The summed E-state index contributed by atoms with van der Waals surface area (Å²) < 4.78 is 11.4. The van der Waals surface area contributed by atoms with Gasteiger partial charge in [-0.05, 0) is 28.1 Å². The van der Waals surface area contributed by atoms with Crippen molar-refractivity contribution in [2.24, 2.45) is 0 Å². The first-order valence-corrected chi connectivity index (χ1v) is 5.22. The van der Waals surface area contributed by atoms with Crippen LogP contribution in [0.25, 0.3) is 10.9 Å². The van der Waals surface area contributed by atoms with E-state index in [-0.39, 0.29) is 0 Å². The first kappa shape index (κ1) is 10.2. The molecule has 2 rings (SSSR count). The van der Waals surface area contributed by atoms with Crippen LogP contribution in [0.4, 0.5) is 0 Å². The summed E-state index contributed by atoms with van der Waals surface area (Å²) in [6, 6.07) is 5.67. The minimum Gasteiger partial charge on any atom is -0.495 e. The largest absolute Gasteiger partial charge is 0.495 e. The summed E-state index contributed by atoms with van der Waals surface area (Å²) in [5.74, 6) is 1.46. The first-order chi connectivity index (χ1) is 7.27. The minimum atomic E-state index is 0.714. The second-order valence-corrected chi connectivity index (χ2v) is 3.79. The Kier molecular flexibility index (Phi) is 2.77. The molecule has 0 aliphatic carbocycles. The highest BCUT2D eigenvalue weighted by molar-refractivity contribution is 9.10. The molecule has 4 heteroatoms. The number of benzene rings is 1. The molecule has 0 radical (unpaired) electrons. The molecule has 0 aliphatic rings. The Hall–Kier alpha value is -1.29. The number of rotatable bonds is 2. The van der Waals surface area contributed by atoms with E-state index in [1.54, 1.807) is 20.4 Å². The molecule has 1 heterocycles. The number of nitrogens with zero attached hydrogens (tertiary/aromatic N) is 1. The zero-order valence-corrected chi connectivity index (χ0v) is 10.0. The Morgan fingerprint density at radius 3 is 2.60 bits per heavy atom. The molecule has 78 valence electrons. The number of ether oxygens (including phenoxy) is 2. The van der Waals surface area contributed by atoms with Crippen LogP contribution in [-0.4, -0.2) is 19.2 Å². The van der Waals surface area contributed by atoms with Crippen LogP contribution in [-0.2, 0) is 0 Å². The average Bonchev–Trinajstić information content (AvgIpc) is 2.30. The Labute approximate surface area is 96.2 Å². The van der Waals surface area contributed by atoms with Gasteiger partial charge >= 0.3 is 0 Å². The molecule has 0 saturated carbocycles. The quantitative estimate of drug-likeness (QED) is 0.838. The van der Waals surface area contributed by atoms with Gasteiger partial charge in [-0.3, -0.25) is 4.98 Å². The fourth-order valence-corrected chi connectivity index (χ4v) is 2.06. The van der Waals surface area contributed by atoms with Gasteiger partial charge in [-0.25, -0.2) is 0 Å². The van der Waals surface area contributed by atoms with Crippen molar-refractivity contribution in [3.8, 4) is 11.5 Å². The van der Waals surface area contributed by atoms with Crippen molar-refractivity contribution in [3.05, 3.63) is 28.9 Å². The average molecular weight is 268 g/mol. The van der Waals surface area contributed by atoms with Gasteiger partial charge in [0.1, 0.15) is 17.0 Å². The molecule has 0 unspecified atom stereocenters. The molecule has 15 heavy (non-hydrogen) atoms. The summed E-state index contributed by atoms with van der Waals surface area (Å²) in [4.78, 5) is 4.28. The predicted octanol–water partition coefficient (Wildman–Crippen LogP) is 3.01. The summed E-state index contributed by atoms with van der Waals surface area (Å²) in [7, 11) is 3.25. The van der Waals surface area contributed by atoms with Crippen LogP contribution in [0.15, 0.2) is 28.9 Å². The van der Waals surface area contributed by atoms with Gasteiger partial charge in [-0.1, -0.05) is 0 Å². The molecule has 0 fully saturated rings. The summed E-state index contributed by atoms with van der Waals surface area (Å²) in [5, 5.41) is 0.980. The summed E-state index contributed by atoms with van der Waals surface area (Å²) >= 11 is 3.48. The maximum Gasteiger partial charge on any atom is 0.148 e. The topological polar surface area (TPSA) is 31.4 Å². The van der Waals surface area contributed by atoms with E-state index >= 15 is 0 Å². The number of methoxy groups -OCH3 is 2. The number of hydrogen-bond acceptors (Lipinski definition) is 3. The van der Waals surface area contributed by atoms with Crippen molar-refractivity contribution in [2.75, 3.05) is 14.2 Å². The Bertz CT molecular complexity index is 499. The fourth-order valence-electron chi connectivity index (χ4n) is 1.47. The van der Waals surface area contributed by atoms with Crippen molar-refractivity contribution in [3.63, 3.8) is 0 Å². The Balaban J connectivity index is 2.84. The summed E-state index contributed by atoms with van der Waals surface area (Å²) in [6.07, 6.45) is 1.74. The molecule has 3 nitrogen and oxygen atoms in total. The standard InChI is InChI=1S/C11H10BrNO2/c1-14-8-6-9(15-2)11-7(10(8)12)4-3-5-13-11/h3-6H,1-2H3. The van der Waals surface area contributed by atoms with E-state index < -0.39 is 0 Å². The number of fused-ring (bicyclic) bond motifs is 1. The molecule has 1 aromatic carbocycles. The van der Waals surface area contributed by atoms with Crippen LogP contribution in [0.2, 0.25) is 0 Å². The number of pyridine rings is 1. The molecule has 0 amide bonds. The second-order valence-electron chi connectivity index (χ2n) is 2.99. The fraction of sp³-hybridized carbons (Fsp3) is 0.182. The number of aromatic nitrogens is 1. The van der Waals surface area contributed by atoms with Gasteiger partial charge in [0.2, 0.25) is 0 Å². The summed E-state index contributed by atoms with van der Waals surface area (Å²) in [6.45, 7) is 0. The van der Waals surface area contributed by atoms with Crippen LogP contribution in [0.3, 0.4) is 0 Å². The van der Waals surface area contributed by atoms with Gasteiger partial charge in [0.05, 0.1) is 18.7 Å². The smallest absolute Gasteiger partial charge is 0.148 e. The van der Waals surface area contributed by atoms with E-state index in [4.69, 9.17) is 9.47 Å². The lowest BCUT2D eigenvalue weighted by Crippen LogP contribution is -1.92. The van der Waals surface area contributed by atoms with Crippen molar-refractivity contribution >= 4 is 26.8 Å². The third-order valence-corrected chi connectivity index (χ3v) is 3.01. The zero-order valence-electron chi connectivity index (χ0n) is 8.45. The maximum absolute atomic E-state index is 5.26. The van der Waals surface area contributed by atoms with Gasteiger partial charge in [0.25, 0.3) is 0 Å². The minimum absolute atomic E-state index is 0.714. The SMILES string of the molecule is COc1cc(OC)c2ncccc2c1Br. The molecule has 0 atom stereocenters. The van der Waals surface area contributed by atoms with Crippen LogP contribution >= 0.6 is 15.9 Å². The molecular weight excluding hydrogens is 258 g/mol. The van der Waals surface area contributed by atoms with Crippen molar-refractivity contribution in [1.29, 1.82) is 0 Å². The lowest BCUT2D eigenvalue weighted by atomic mass is 10.2. The second kappa shape index (κ2) is 4.06. The predicted molar refractivity (Wildman–Crippen MR) is 62.5 cm³/mol. The van der Waals surface area contributed by atoms with Gasteiger partial charge in [0.15, 0.2) is 0 Å². The van der Waals surface area contributed by atoms with Crippen molar-refractivity contribution in [2.45, 2.75) is 0 Å². The zero-order chi connectivity index (χ0) is 10.8. The third-order valence-electron chi connectivity index (χ3n) is 2.20. The highest BCUT2D eigenvalue weighted by Crippen LogP contribution is 2.37. The van der Waals surface area contributed by atoms with Crippen molar-refractivity contribution in [1.82, 2.24) is 4.98 Å². The highest BCUT2D eigenvalue weighted by Gasteiger charge is 2.11. The van der Waals surface area contributed by atoms with E-state index in [0.717, 1.165) is 21.1 Å². The molecular formula is C11H10BrNO2. The summed E-state index contributed by atoms with van der Waals surface area (Å²) in [5.41, 5.74) is 0.827. The van der Waals surface area contributed by atoms with Gasteiger partial charge < -0.3 is 9.47 Å². The van der Waals surface area contributed by atoms with Gasteiger partial charge in [0, 0.05) is 17.6 Å².